The molecule has 1 amide bonds. The zero-order chi connectivity index (χ0) is 16.7. The SMILES string of the molecule is COc1ccc(/C=C/C(=O)NC(C)Cc2cccs2)cc1OC. The summed E-state index contributed by atoms with van der Waals surface area (Å²) in [6, 6.07) is 9.71. The van der Waals surface area contributed by atoms with Crippen LogP contribution in [0.2, 0.25) is 0 Å². The molecule has 1 unspecified atom stereocenters. The van der Waals surface area contributed by atoms with Crippen molar-refractivity contribution in [2.24, 2.45) is 0 Å². The fraction of sp³-hybridized carbons (Fsp3) is 0.278. The van der Waals surface area contributed by atoms with Crippen molar-refractivity contribution in [3.63, 3.8) is 0 Å². The molecule has 1 aromatic heterocycles. The Morgan fingerprint density at radius 2 is 2.04 bits per heavy atom. The fourth-order valence-electron chi connectivity index (χ4n) is 2.20. The number of carbonyl (C=O) groups excluding carboxylic acids is 1. The third-order valence-electron chi connectivity index (χ3n) is 3.31. The molecular weight excluding hydrogens is 310 g/mol. The van der Waals surface area contributed by atoms with Gasteiger partial charge in [0.2, 0.25) is 5.91 Å². The molecule has 0 aliphatic carbocycles. The molecule has 0 saturated carbocycles. The van der Waals surface area contributed by atoms with Crippen molar-refractivity contribution >= 4 is 23.3 Å². The molecule has 2 rings (SSSR count). The fourth-order valence-corrected chi connectivity index (χ4v) is 3.04. The van der Waals surface area contributed by atoms with Gasteiger partial charge in [0.05, 0.1) is 14.2 Å². The van der Waals surface area contributed by atoms with Gasteiger partial charge in [0.1, 0.15) is 0 Å². The first kappa shape index (κ1) is 17.1. The number of hydrogen-bond acceptors (Lipinski definition) is 4. The zero-order valence-electron chi connectivity index (χ0n) is 13.5. The van der Waals surface area contributed by atoms with Crippen LogP contribution < -0.4 is 14.8 Å². The Balaban J connectivity index is 1.92. The monoisotopic (exact) mass is 331 g/mol. The maximum absolute atomic E-state index is 12.0. The van der Waals surface area contributed by atoms with Crippen LogP contribution in [0.3, 0.4) is 0 Å². The number of thiophene rings is 1. The van der Waals surface area contributed by atoms with E-state index in [0.29, 0.717) is 11.5 Å². The van der Waals surface area contributed by atoms with Crippen molar-refractivity contribution in [2.45, 2.75) is 19.4 Å². The number of rotatable bonds is 7. The lowest BCUT2D eigenvalue weighted by atomic mass is 10.1. The standard InChI is InChI=1S/C18H21NO3S/c1-13(11-15-5-4-10-23-15)19-18(20)9-7-14-6-8-16(21-2)17(12-14)22-3/h4-10,12-13H,11H2,1-3H3,(H,19,20)/b9-7+. The van der Waals surface area contributed by atoms with Crippen LogP contribution >= 0.6 is 11.3 Å². The average Bonchev–Trinajstić information content (AvgIpc) is 3.05. The van der Waals surface area contributed by atoms with Crippen LogP contribution in [0.5, 0.6) is 11.5 Å². The summed E-state index contributed by atoms with van der Waals surface area (Å²) < 4.78 is 10.4. The first-order valence-corrected chi connectivity index (χ1v) is 8.23. The van der Waals surface area contributed by atoms with Gasteiger partial charge in [-0.1, -0.05) is 12.1 Å². The number of hydrogen-bond donors (Lipinski definition) is 1. The first-order valence-electron chi connectivity index (χ1n) is 7.35. The van der Waals surface area contributed by atoms with Crippen LogP contribution in [-0.2, 0) is 11.2 Å². The smallest absolute Gasteiger partial charge is 0.244 e. The Kier molecular flexibility index (Phi) is 6.23. The number of amides is 1. The van der Waals surface area contributed by atoms with E-state index in [2.05, 4.69) is 11.4 Å². The Bertz CT molecular complexity index is 665. The van der Waals surface area contributed by atoms with Crippen LogP contribution in [0.4, 0.5) is 0 Å². The van der Waals surface area contributed by atoms with Crippen LogP contribution in [0.15, 0.2) is 41.8 Å². The van der Waals surface area contributed by atoms with Gasteiger partial charge in [-0.25, -0.2) is 0 Å². The van der Waals surface area contributed by atoms with E-state index < -0.39 is 0 Å². The second-order valence-corrected chi connectivity index (χ2v) is 6.17. The third kappa shape index (κ3) is 5.14. The number of nitrogens with one attached hydrogen (secondary N) is 1. The van der Waals surface area contributed by atoms with Gasteiger partial charge in [-0.05, 0) is 42.1 Å². The summed E-state index contributed by atoms with van der Waals surface area (Å²) in [7, 11) is 3.18. The Hall–Kier alpha value is -2.27. The predicted molar refractivity (Wildman–Crippen MR) is 94.2 cm³/mol. The van der Waals surface area contributed by atoms with E-state index in [1.807, 2.05) is 36.6 Å². The van der Waals surface area contributed by atoms with Crippen LogP contribution in [0.25, 0.3) is 6.08 Å². The highest BCUT2D eigenvalue weighted by atomic mass is 32.1. The van der Waals surface area contributed by atoms with E-state index in [1.165, 1.54) is 11.0 Å². The minimum atomic E-state index is -0.108. The quantitative estimate of drug-likeness (QED) is 0.790. The summed E-state index contributed by atoms with van der Waals surface area (Å²) in [5.41, 5.74) is 0.878. The van der Waals surface area contributed by atoms with Crippen molar-refractivity contribution in [1.29, 1.82) is 0 Å². The second-order valence-electron chi connectivity index (χ2n) is 5.14. The van der Waals surface area contributed by atoms with Gasteiger partial charge in [-0.15, -0.1) is 11.3 Å². The molecule has 122 valence electrons. The number of carbonyl (C=O) groups is 1. The summed E-state index contributed by atoms with van der Waals surface area (Å²) >= 11 is 1.70. The lowest BCUT2D eigenvalue weighted by Crippen LogP contribution is -2.32. The van der Waals surface area contributed by atoms with E-state index in [0.717, 1.165) is 12.0 Å². The Morgan fingerprint density at radius 3 is 2.70 bits per heavy atom. The molecule has 0 spiro atoms. The van der Waals surface area contributed by atoms with E-state index in [4.69, 9.17) is 9.47 Å². The highest BCUT2D eigenvalue weighted by Crippen LogP contribution is 2.27. The molecule has 1 heterocycles. The summed E-state index contributed by atoms with van der Waals surface area (Å²) in [5, 5.41) is 5.01. The van der Waals surface area contributed by atoms with E-state index in [1.54, 1.807) is 31.6 Å². The van der Waals surface area contributed by atoms with E-state index in [9.17, 15) is 4.79 Å². The van der Waals surface area contributed by atoms with Crippen LogP contribution in [0.1, 0.15) is 17.4 Å². The molecule has 23 heavy (non-hydrogen) atoms. The molecule has 0 radical (unpaired) electrons. The normalized spacial score (nSPS) is 12.1. The summed E-state index contributed by atoms with van der Waals surface area (Å²) in [6.07, 6.45) is 4.13. The molecule has 0 bridgehead atoms. The maximum atomic E-state index is 12.0. The Labute approximate surface area is 140 Å². The zero-order valence-corrected chi connectivity index (χ0v) is 14.4. The van der Waals surface area contributed by atoms with Gasteiger partial charge < -0.3 is 14.8 Å². The molecule has 0 aliphatic heterocycles. The molecule has 0 saturated heterocycles. The lowest BCUT2D eigenvalue weighted by molar-refractivity contribution is -0.117. The number of ether oxygens (including phenoxy) is 2. The molecule has 1 aromatic carbocycles. The molecule has 0 aliphatic rings. The summed E-state index contributed by atoms with van der Waals surface area (Å²) in [5.74, 6) is 1.20. The van der Waals surface area contributed by atoms with Gasteiger partial charge in [-0.3, -0.25) is 4.79 Å². The minimum Gasteiger partial charge on any atom is -0.493 e. The minimum absolute atomic E-state index is 0.0937. The van der Waals surface area contributed by atoms with Crippen LogP contribution in [-0.4, -0.2) is 26.2 Å². The first-order chi connectivity index (χ1) is 11.1. The van der Waals surface area contributed by atoms with Gasteiger partial charge in [0.25, 0.3) is 0 Å². The average molecular weight is 331 g/mol. The maximum Gasteiger partial charge on any atom is 0.244 e. The van der Waals surface area contributed by atoms with Gasteiger partial charge in [-0.2, -0.15) is 0 Å². The van der Waals surface area contributed by atoms with Gasteiger partial charge in [0.15, 0.2) is 11.5 Å². The molecule has 1 atom stereocenters. The summed E-state index contributed by atoms with van der Waals surface area (Å²) in [4.78, 5) is 13.2. The van der Waals surface area contributed by atoms with Crippen molar-refractivity contribution in [3.05, 3.63) is 52.2 Å². The van der Waals surface area contributed by atoms with Crippen molar-refractivity contribution in [3.8, 4) is 11.5 Å². The largest absolute Gasteiger partial charge is 0.493 e. The van der Waals surface area contributed by atoms with Crippen molar-refractivity contribution in [2.75, 3.05) is 14.2 Å². The predicted octanol–water partition coefficient (Wildman–Crippen LogP) is 3.53. The Morgan fingerprint density at radius 1 is 1.26 bits per heavy atom. The number of benzene rings is 1. The number of methoxy groups -OCH3 is 2. The topological polar surface area (TPSA) is 47.6 Å². The molecule has 0 fully saturated rings. The van der Waals surface area contributed by atoms with E-state index >= 15 is 0 Å². The van der Waals surface area contributed by atoms with Gasteiger partial charge in [0, 0.05) is 23.4 Å². The highest BCUT2D eigenvalue weighted by molar-refractivity contribution is 7.09. The molecular formula is C18H21NO3S. The van der Waals surface area contributed by atoms with Crippen molar-refractivity contribution < 1.29 is 14.3 Å². The second kappa shape index (κ2) is 8.39. The molecule has 2 aromatic rings. The third-order valence-corrected chi connectivity index (χ3v) is 4.21. The molecule has 4 nitrogen and oxygen atoms in total. The molecule has 1 N–H and O–H groups in total. The van der Waals surface area contributed by atoms with E-state index in [-0.39, 0.29) is 11.9 Å². The lowest BCUT2D eigenvalue weighted by Gasteiger charge is -2.11. The van der Waals surface area contributed by atoms with Gasteiger partial charge >= 0.3 is 0 Å². The highest BCUT2D eigenvalue weighted by Gasteiger charge is 2.07. The molecule has 5 heteroatoms. The summed E-state index contributed by atoms with van der Waals surface area (Å²) in [6.45, 7) is 2.00. The van der Waals surface area contributed by atoms with Crippen LogP contribution in [0, 0.1) is 0 Å². The van der Waals surface area contributed by atoms with Crippen molar-refractivity contribution in [1.82, 2.24) is 5.32 Å².